The van der Waals surface area contributed by atoms with Crippen molar-refractivity contribution in [1.29, 1.82) is 0 Å². The molecule has 0 atom stereocenters. The van der Waals surface area contributed by atoms with E-state index in [1.54, 1.807) is 29.2 Å². The summed E-state index contributed by atoms with van der Waals surface area (Å²) in [6, 6.07) is 9.78. The van der Waals surface area contributed by atoms with Crippen LogP contribution in [-0.4, -0.2) is 11.2 Å². The van der Waals surface area contributed by atoms with Gasteiger partial charge in [0.15, 0.2) is 9.56 Å². The fourth-order valence-corrected chi connectivity index (χ4v) is 3.43. The molecule has 0 spiro atoms. The standard InChI is InChI=1S/C13H11ClN2OS2/c1-18-13-16-10-4-2-8(6-11(10)19-13)15-7-9-3-5-12(14)17-9/h2-6,15H,7H2,1H3. The fraction of sp³-hybridized carbons (Fsp3) is 0.154. The highest BCUT2D eigenvalue weighted by Crippen LogP contribution is 2.30. The van der Waals surface area contributed by atoms with Crippen molar-refractivity contribution < 1.29 is 4.42 Å². The molecule has 0 aliphatic heterocycles. The van der Waals surface area contributed by atoms with Crippen molar-refractivity contribution in [2.75, 3.05) is 11.6 Å². The zero-order valence-corrected chi connectivity index (χ0v) is 12.5. The molecule has 3 aromatic rings. The highest BCUT2D eigenvalue weighted by molar-refractivity contribution is 8.00. The molecule has 0 saturated carbocycles. The van der Waals surface area contributed by atoms with E-state index >= 15 is 0 Å². The van der Waals surface area contributed by atoms with Gasteiger partial charge in [0, 0.05) is 5.69 Å². The van der Waals surface area contributed by atoms with Gasteiger partial charge in [-0.05, 0) is 48.2 Å². The molecule has 2 aromatic heterocycles. The Morgan fingerprint density at radius 1 is 1.37 bits per heavy atom. The molecule has 0 radical (unpaired) electrons. The second-order valence-electron chi connectivity index (χ2n) is 3.93. The molecule has 0 aliphatic rings. The maximum absolute atomic E-state index is 5.74. The molecular formula is C13H11ClN2OS2. The van der Waals surface area contributed by atoms with Crippen LogP contribution in [0.25, 0.3) is 10.2 Å². The zero-order valence-electron chi connectivity index (χ0n) is 10.1. The summed E-state index contributed by atoms with van der Waals surface area (Å²) >= 11 is 9.11. The van der Waals surface area contributed by atoms with Gasteiger partial charge >= 0.3 is 0 Å². The second-order valence-corrected chi connectivity index (χ2v) is 6.38. The first-order chi connectivity index (χ1) is 9.24. The number of rotatable bonds is 4. The van der Waals surface area contributed by atoms with Gasteiger partial charge in [-0.1, -0.05) is 11.8 Å². The van der Waals surface area contributed by atoms with Crippen LogP contribution < -0.4 is 5.32 Å². The number of thiazole rings is 1. The van der Waals surface area contributed by atoms with E-state index in [1.165, 1.54) is 4.70 Å². The number of hydrogen-bond donors (Lipinski definition) is 1. The Kier molecular flexibility index (Phi) is 3.68. The molecule has 0 amide bonds. The van der Waals surface area contributed by atoms with Gasteiger partial charge in [0.25, 0.3) is 0 Å². The lowest BCUT2D eigenvalue weighted by Gasteiger charge is -2.03. The van der Waals surface area contributed by atoms with E-state index in [-0.39, 0.29) is 0 Å². The number of nitrogens with one attached hydrogen (secondary N) is 1. The molecule has 2 heterocycles. The maximum atomic E-state index is 5.74. The van der Waals surface area contributed by atoms with Crippen molar-refractivity contribution in [3.05, 3.63) is 41.3 Å². The summed E-state index contributed by atoms with van der Waals surface area (Å²) in [5.74, 6) is 0.819. The van der Waals surface area contributed by atoms with Crippen molar-refractivity contribution >= 4 is 50.6 Å². The monoisotopic (exact) mass is 310 g/mol. The van der Waals surface area contributed by atoms with Crippen molar-refractivity contribution in [2.24, 2.45) is 0 Å². The number of hydrogen-bond acceptors (Lipinski definition) is 5. The molecule has 0 saturated heterocycles. The number of nitrogens with zero attached hydrogens (tertiary/aromatic N) is 1. The van der Waals surface area contributed by atoms with Gasteiger partial charge < -0.3 is 9.73 Å². The van der Waals surface area contributed by atoms with Crippen LogP contribution in [0.15, 0.2) is 39.1 Å². The van der Waals surface area contributed by atoms with Crippen molar-refractivity contribution in [3.8, 4) is 0 Å². The van der Waals surface area contributed by atoms with Crippen LogP contribution in [0, 0.1) is 0 Å². The van der Waals surface area contributed by atoms with Gasteiger partial charge in [0.05, 0.1) is 16.8 Å². The topological polar surface area (TPSA) is 38.1 Å². The summed E-state index contributed by atoms with van der Waals surface area (Å²) in [5, 5.41) is 3.73. The minimum atomic E-state index is 0.416. The Labute approximate surface area is 124 Å². The highest BCUT2D eigenvalue weighted by atomic mass is 35.5. The normalized spacial score (nSPS) is 11.1. The van der Waals surface area contributed by atoms with E-state index in [9.17, 15) is 0 Å². The minimum absolute atomic E-state index is 0.416. The summed E-state index contributed by atoms with van der Waals surface area (Å²) in [5.41, 5.74) is 2.09. The third-order valence-electron chi connectivity index (χ3n) is 2.64. The summed E-state index contributed by atoms with van der Waals surface area (Å²) in [6.07, 6.45) is 2.04. The number of furan rings is 1. The molecule has 6 heteroatoms. The van der Waals surface area contributed by atoms with E-state index in [2.05, 4.69) is 16.4 Å². The third-order valence-corrected chi connectivity index (χ3v) is 4.85. The molecule has 19 heavy (non-hydrogen) atoms. The van der Waals surface area contributed by atoms with Gasteiger partial charge in [-0.2, -0.15) is 0 Å². The lowest BCUT2D eigenvalue weighted by Crippen LogP contribution is -1.97. The van der Waals surface area contributed by atoms with Crippen molar-refractivity contribution in [3.63, 3.8) is 0 Å². The Morgan fingerprint density at radius 2 is 2.26 bits per heavy atom. The van der Waals surface area contributed by atoms with Crippen LogP contribution in [0.2, 0.25) is 5.22 Å². The average Bonchev–Trinajstić information content (AvgIpc) is 3.01. The molecular weight excluding hydrogens is 300 g/mol. The molecule has 3 nitrogen and oxygen atoms in total. The smallest absolute Gasteiger partial charge is 0.193 e. The van der Waals surface area contributed by atoms with Crippen LogP contribution >= 0.6 is 34.7 Å². The van der Waals surface area contributed by atoms with E-state index in [0.717, 1.165) is 21.3 Å². The second kappa shape index (κ2) is 5.45. The van der Waals surface area contributed by atoms with Crippen LogP contribution in [0.1, 0.15) is 5.76 Å². The highest BCUT2D eigenvalue weighted by Gasteiger charge is 2.04. The van der Waals surface area contributed by atoms with E-state index < -0.39 is 0 Å². The molecule has 1 N–H and O–H groups in total. The predicted octanol–water partition coefficient (Wildman–Crippen LogP) is 4.88. The number of thioether (sulfide) groups is 1. The Morgan fingerprint density at radius 3 is 3.00 bits per heavy atom. The summed E-state index contributed by atoms with van der Waals surface area (Å²) < 4.78 is 7.58. The zero-order chi connectivity index (χ0) is 13.2. The third kappa shape index (κ3) is 2.88. The summed E-state index contributed by atoms with van der Waals surface area (Å²) in [6.45, 7) is 0.617. The van der Waals surface area contributed by atoms with Gasteiger partial charge in [-0.15, -0.1) is 11.3 Å². The fourth-order valence-electron chi connectivity index (χ4n) is 1.74. The molecule has 3 rings (SSSR count). The number of anilines is 1. The van der Waals surface area contributed by atoms with E-state index in [0.29, 0.717) is 11.8 Å². The molecule has 1 aromatic carbocycles. The van der Waals surface area contributed by atoms with Crippen molar-refractivity contribution in [2.45, 2.75) is 10.9 Å². The maximum Gasteiger partial charge on any atom is 0.193 e. The van der Waals surface area contributed by atoms with Crippen LogP contribution in [-0.2, 0) is 6.54 Å². The number of benzene rings is 1. The molecule has 0 aliphatic carbocycles. The van der Waals surface area contributed by atoms with Gasteiger partial charge in [0.1, 0.15) is 5.76 Å². The molecule has 0 unspecified atom stereocenters. The number of halogens is 1. The Hall–Kier alpha value is -1.17. The SMILES string of the molecule is CSc1nc2ccc(NCc3ccc(Cl)o3)cc2s1. The van der Waals surface area contributed by atoms with Gasteiger partial charge in [-0.25, -0.2) is 4.98 Å². The van der Waals surface area contributed by atoms with Gasteiger partial charge in [0.2, 0.25) is 0 Å². The van der Waals surface area contributed by atoms with Crippen LogP contribution in [0.4, 0.5) is 5.69 Å². The number of aromatic nitrogens is 1. The lowest BCUT2D eigenvalue weighted by molar-refractivity contribution is 0.520. The summed E-state index contributed by atoms with van der Waals surface area (Å²) in [7, 11) is 0. The molecule has 98 valence electrons. The quantitative estimate of drug-likeness (QED) is 0.697. The average molecular weight is 311 g/mol. The van der Waals surface area contributed by atoms with Crippen molar-refractivity contribution in [1.82, 2.24) is 4.98 Å². The summed E-state index contributed by atoms with van der Waals surface area (Å²) in [4.78, 5) is 4.51. The van der Waals surface area contributed by atoms with E-state index in [1.807, 2.05) is 24.5 Å². The Balaban J connectivity index is 1.77. The largest absolute Gasteiger partial charge is 0.448 e. The minimum Gasteiger partial charge on any atom is -0.448 e. The lowest BCUT2D eigenvalue weighted by atomic mass is 10.3. The first kappa shape index (κ1) is 12.8. The Bertz CT molecular complexity index is 708. The number of fused-ring (bicyclic) bond motifs is 1. The van der Waals surface area contributed by atoms with E-state index in [4.69, 9.17) is 16.0 Å². The molecule has 0 fully saturated rings. The first-order valence-corrected chi connectivity index (χ1v) is 8.09. The molecule has 0 bridgehead atoms. The van der Waals surface area contributed by atoms with Crippen LogP contribution in [0.5, 0.6) is 0 Å². The first-order valence-electron chi connectivity index (χ1n) is 5.67. The van der Waals surface area contributed by atoms with Crippen LogP contribution in [0.3, 0.4) is 0 Å². The van der Waals surface area contributed by atoms with Gasteiger partial charge in [-0.3, -0.25) is 0 Å². The predicted molar refractivity (Wildman–Crippen MR) is 82.4 cm³/mol.